The Labute approximate surface area is 100 Å². The quantitative estimate of drug-likeness (QED) is 0.650. The van der Waals surface area contributed by atoms with E-state index < -0.39 is 0 Å². The Morgan fingerprint density at radius 2 is 2.06 bits per heavy atom. The largest absolute Gasteiger partial charge is 0.325 e. The maximum Gasteiger partial charge on any atom is 0.185 e. The summed E-state index contributed by atoms with van der Waals surface area (Å²) in [4.78, 5) is 16.5. The maximum absolute atomic E-state index is 12.2. The van der Waals surface area contributed by atoms with Gasteiger partial charge in [0.2, 0.25) is 0 Å². The number of carbonyl (C=O) groups excluding carboxylic acids is 1. The summed E-state index contributed by atoms with van der Waals surface area (Å²) in [5.74, 6) is 0.438. The Morgan fingerprint density at radius 3 is 2.62 bits per heavy atom. The first-order valence-electron chi connectivity index (χ1n) is 6.00. The molecular weight excluding hydrogens is 220 g/mol. The smallest absolute Gasteiger partial charge is 0.185 e. The second kappa shape index (κ2) is 5.55. The van der Waals surface area contributed by atoms with Crippen LogP contribution in [0.5, 0.6) is 0 Å². The van der Waals surface area contributed by atoms with Crippen molar-refractivity contribution in [2.45, 2.75) is 45.1 Å². The van der Waals surface area contributed by atoms with Crippen LogP contribution < -0.4 is 5.73 Å². The molecule has 0 aliphatic heterocycles. The van der Waals surface area contributed by atoms with Crippen LogP contribution in [0.3, 0.4) is 0 Å². The number of aromatic nitrogens is 1. The Kier molecular flexibility index (Phi) is 4.07. The molecule has 2 N–H and O–H groups in total. The van der Waals surface area contributed by atoms with E-state index >= 15 is 0 Å². The van der Waals surface area contributed by atoms with Crippen molar-refractivity contribution in [1.82, 2.24) is 4.98 Å². The highest BCUT2D eigenvalue weighted by Crippen LogP contribution is 2.26. The standard InChI is InChI=1S/C12H18N2OS/c13-7-11-14-10(8-16-11)12(15)9-5-3-1-2-4-6-9/h8-9H,1-7,13H2. The van der Waals surface area contributed by atoms with Gasteiger partial charge in [-0.25, -0.2) is 4.98 Å². The van der Waals surface area contributed by atoms with Gasteiger partial charge in [-0.15, -0.1) is 11.3 Å². The van der Waals surface area contributed by atoms with Gasteiger partial charge >= 0.3 is 0 Å². The number of rotatable bonds is 3. The topological polar surface area (TPSA) is 56.0 Å². The third-order valence-corrected chi connectivity index (χ3v) is 4.08. The molecule has 2 rings (SSSR count). The molecule has 1 aromatic rings. The zero-order valence-electron chi connectivity index (χ0n) is 9.45. The fourth-order valence-electron chi connectivity index (χ4n) is 2.27. The lowest BCUT2D eigenvalue weighted by Gasteiger charge is -2.10. The fourth-order valence-corrected chi connectivity index (χ4v) is 2.93. The highest BCUT2D eigenvalue weighted by atomic mass is 32.1. The Bertz CT molecular complexity index is 354. The molecule has 0 amide bonds. The van der Waals surface area contributed by atoms with Gasteiger partial charge in [-0.2, -0.15) is 0 Å². The highest BCUT2D eigenvalue weighted by molar-refractivity contribution is 7.09. The molecule has 0 saturated heterocycles. The lowest BCUT2D eigenvalue weighted by Crippen LogP contribution is -2.14. The van der Waals surface area contributed by atoms with Crippen LogP contribution >= 0.6 is 11.3 Å². The molecule has 0 aromatic carbocycles. The van der Waals surface area contributed by atoms with Crippen molar-refractivity contribution in [3.8, 4) is 0 Å². The molecule has 1 aliphatic carbocycles. The van der Waals surface area contributed by atoms with Gasteiger partial charge < -0.3 is 5.73 Å². The van der Waals surface area contributed by atoms with Gasteiger partial charge in [-0.05, 0) is 12.8 Å². The van der Waals surface area contributed by atoms with Crippen molar-refractivity contribution in [3.05, 3.63) is 16.1 Å². The Morgan fingerprint density at radius 1 is 1.38 bits per heavy atom. The van der Waals surface area contributed by atoms with Gasteiger partial charge in [0.1, 0.15) is 10.7 Å². The first kappa shape index (κ1) is 11.7. The summed E-state index contributed by atoms with van der Waals surface area (Å²) in [6, 6.07) is 0. The van der Waals surface area contributed by atoms with Crippen LogP contribution in [0, 0.1) is 5.92 Å². The van der Waals surface area contributed by atoms with E-state index in [1.54, 1.807) is 0 Å². The summed E-state index contributed by atoms with van der Waals surface area (Å²) in [5.41, 5.74) is 6.14. The second-order valence-electron chi connectivity index (χ2n) is 4.38. The van der Waals surface area contributed by atoms with Gasteiger partial charge in [0.25, 0.3) is 0 Å². The van der Waals surface area contributed by atoms with E-state index in [1.807, 2.05) is 5.38 Å². The number of hydrogen-bond acceptors (Lipinski definition) is 4. The van der Waals surface area contributed by atoms with E-state index in [2.05, 4.69) is 4.98 Å². The van der Waals surface area contributed by atoms with E-state index in [-0.39, 0.29) is 11.7 Å². The average Bonchev–Trinajstić information content (AvgIpc) is 2.62. The monoisotopic (exact) mass is 238 g/mol. The summed E-state index contributed by atoms with van der Waals surface area (Å²) < 4.78 is 0. The molecule has 0 spiro atoms. The van der Waals surface area contributed by atoms with Gasteiger partial charge in [0.15, 0.2) is 5.78 Å². The van der Waals surface area contributed by atoms with Crippen LogP contribution in [0.4, 0.5) is 0 Å². The number of thiazole rings is 1. The lowest BCUT2D eigenvalue weighted by molar-refractivity contribution is 0.0903. The number of ketones is 1. The zero-order valence-corrected chi connectivity index (χ0v) is 10.3. The molecular formula is C12H18N2OS. The summed E-state index contributed by atoms with van der Waals surface area (Å²) >= 11 is 1.49. The van der Waals surface area contributed by atoms with Gasteiger partial charge in [0.05, 0.1) is 0 Å². The Balaban J connectivity index is 2.05. The minimum Gasteiger partial charge on any atom is -0.325 e. The molecule has 1 aliphatic rings. The van der Waals surface area contributed by atoms with Crippen LogP contribution in [0.25, 0.3) is 0 Å². The van der Waals surface area contributed by atoms with Crippen LogP contribution in [-0.4, -0.2) is 10.8 Å². The van der Waals surface area contributed by atoms with E-state index in [0.717, 1.165) is 17.8 Å². The van der Waals surface area contributed by atoms with Crippen molar-refractivity contribution in [3.63, 3.8) is 0 Å². The van der Waals surface area contributed by atoms with Crippen LogP contribution in [0.1, 0.15) is 54.0 Å². The molecule has 0 bridgehead atoms. The lowest BCUT2D eigenvalue weighted by atomic mass is 9.94. The summed E-state index contributed by atoms with van der Waals surface area (Å²) in [6.07, 6.45) is 6.99. The van der Waals surface area contributed by atoms with Gasteiger partial charge in [-0.3, -0.25) is 4.79 Å². The normalized spacial score (nSPS) is 18.3. The molecule has 1 heterocycles. The van der Waals surface area contributed by atoms with Crippen LogP contribution in [-0.2, 0) is 6.54 Å². The number of carbonyl (C=O) groups is 1. The highest BCUT2D eigenvalue weighted by Gasteiger charge is 2.23. The van der Waals surface area contributed by atoms with E-state index in [1.165, 1.54) is 37.0 Å². The van der Waals surface area contributed by atoms with Crippen molar-refractivity contribution >= 4 is 17.1 Å². The third-order valence-electron chi connectivity index (χ3n) is 3.20. The summed E-state index contributed by atoms with van der Waals surface area (Å²) in [7, 11) is 0. The number of hydrogen-bond donors (Lipinski definition) is 1. The van der Waals surface area contributed by atoms with Crippen molar-refractivity contribution in [2.75, 3.05) is 0 Å². The molecule has 4 heteroatoms. The van der Waals surface area contributed by atoms with Crippen molar-refractivity contribution in [2.24, 2.45) is 11.7 Å². The first-order chi connectivity index (χ1) is 7.81. The van der Waals surface area contributed by atoms with Crippen LogP contribution in [0.15, 0.2) is 5.38 Å². The summed E-state index contributed by atoms with van der Waals surface area (Å²) in [6.45, 7) is 0.433. The van der Waals surface area contributed by atoms with E-state index in [4.69, 9.17) is 5.73 Å². The molecule has 16 heavy (non-hydrogen) atoms. The van der Waals surface area contributed by atoms with Crippen LogP contribution in [0.2, 0.25) is 0 Å². The SMILES string of the molecule is NCc1nc(C(=O)C2CCCCCC2)cs1. The fraction of sp³-hybridized carbons (Fsp3) is 0.667. The van der Waals surface area contributed by atoms with Crippen molar-refractivity contribution < 1.29 is 4.79 Å². The molecule has 0 unspecified atom stereocenters. The minimum absolute atomic E-state index is 0.204. The molecule has 0 atom stereocenters. The minimum atomic E-state index is 0.204. The predicted molar refractivity (Wildman–Crippen MR) is 65.5 cm³/mol. The van der Waals surface area contributed by atoms with Gasteiger partial charge in [-0.1, -0.05) is 25.7 Å². The van der Waals surface area contributed by atoms with Gasteiger partial charge in [0, 0.05) is 17.8 Å². The molecule has 1 aromatic heterocycles. The van der Waals surface area contributed by atoms with E-state index in [9.17, 15) is 4.79 Å². The molecule has 1 saturated carbocycles. The number of Topliss-reactive ketones (excluding diaryl/α,β-unsaturated/α-hetero) is 1. The average molecular weight is 238 g/mol. The zero-order chi connectivity index (χ0) is 11.4. The third kappa shape index (κ3) is 2.68. The van der Waals surface area contributed by atoms with Crippen molar-refractivity contribution in [1.29, 1.82) is 0 Å². The molecule has 88 valence electrons. The van der Waals surface area contributed by atoms with E-state index in [0.29, 0.717) is 12.2 Å². The Hall–Kier alpha value is -0.740. The second-order valence-corrected chi connectivity index (χ2v) is 5.33. The predicted octanol–water partition coefficient (Wildman–Crippen LogP) is 2.75. The number of nitrogens with two attached hydrogens (primary N) is 1. The summed E-state index contributed by atoms with van der Waals surface area (Å²) in [5, 5.41) is 2.71. The molecule has 1 fully saturated rings. The molecule has 3 nitrogen and oxygen atoms in total. The molecule has 0 radical (unpaired) electrons. The number of nitrogens with zero attached hydrogens (tertiary/aromatic N) is 1. The first-order valence-corrected chi connectivity index (χ1v) is 6.88. The maximum atomic E-state index is 12.2.